The first kappa shape index (κ1) is 23.2. The lowest BCUT2D eigenvalue weighted by Gasteiger charge is -2.49. The third-order valence-electron chi connectivity index (χ3n) is 7.07. The second-order valence-corrected chi connectivity index (χ2v) is 9.64. The predicted molar refractivity (Wildman–Crippen MR) is 138 cm³/mol. The fourth-order valence-electron chi connectivity index (χ4n) is 5.28. The minimum atomic E-state index is -0.379. The Hall–Kier alpha value is -3.58. The Bertz CT molecular complexity index is 1250. The lowest BCUT2D eigenvalue weighted by molar-refractivity contribution is -0.384. The topological polar surface area (TPSA) is 78.7 Å². The van der Waals surface area contributed by atoms with Crippen molar-refractivity contribution in [3.8, 4) is 0 Å². The molecule has 8 heteroatoms. The highest BCUT2D eigenvalue weighted by Crippen LogP contribution is 2.39. The SMILES string of the molecule is CC(NC(=O)C1Cc2cc([N+](=O)[O-])ccc2N2CCN(c3cccc(Cl)c3)CC12)c1ccccc1. The van der Waals surface area contributed by atoms with Crippen LogP contribution in [0, 0.1) is 16.0 Å². The lowest BCUT2D eigenvalue weighted by atomic mass is 9.82. The predicted octanol–water partition coefficient (Wildman–Crippen LogP) is 4.99. The molecule has 2 aliphatic rings. The number of nitrogens with one attached hydrogen (secondary N) is 1. The molecule has 0 aliphatic carbocycles. The molecule has 5 rings (SSSR count). The molecule has 0 bridgehead atoms. The van der Waals surface area contributed by atoms with Crippen molar-refractivity contribution in [2.24, 2.45) is 5.92 Å². The van der Waals surface area contributed by atoms with Crippen molar-refractivity contribution in [3.63, 3.8) is 0 Å². The van der Waals surface area contributed by atoms with Gasteiger partial charge in [-0.1, -0.05) is 48.0 Å². The van der Waals surface area contributed by atoms with Gasteiger partial charge >= 0.3 is 0 Å². The number of carbonyl (C=O) groups excluding carboxylic acids is 1. The van der Waals surface area contributed by atoms with Gasteiger partial charge in [-0.2, -0.15) is 0 Å². The zero-order chi connectivity index (χ0) is 24.5. The van der Waals surface area contributed by atoms with Crippen molar-refractivity contribution in [1.29, 1.82) is 0 Å². The van der Waals surface area contributed by atoms with Crippen LogP contribution in [0.15, 0.2) is 72.8 Å². The third kappa shape index (κ3) is 4.68. The van der Waals surface area contributed by atoms with E-state index in [1.807, 2.05) is 67.6 Å². The molecule has 180 valence electrons. The van der Waals surface area contributed by atoms with Crippen molar-refractivity contribution in [3.05, 3.63) is 99.1 Å². The standard InChI is InChI=1S/C27H27ClN4O3/c1-18(19-6-3-2-4-7-19)29-27(33)24-15-20-14-23(32(34)35)10-11-25(20)31-13-12-30(17-26(24)31)22-9-5-8-21(28)16-22/h2-11,14,16,18,24,26H,12-13,15,17H2,1H3,(H,29,33). The first-order valence-corrected chi connectivity index (χ1v) is 12.2. The van der Waals surface area contributed by atoms with Gasteiger partial charge in [0.25, 0.3) is 5.69 Å². The number of nitro benzene ring substituents is 1. The van der Waals surface area contributed by atoms with Gasteiger partial charge in [0.1, 0.15) is 0 Å². The van der Waals surface area contributed by atoms with Crippen molar-refractivity contribution >= 4 is 34.6 Å². The van der Waals surface area contributed by atoms with Crippen molar-refractivity contribution in [2.75, 3.05) is 29.4 Å². The van der Waals surface area contributed by atoms with E-state index in [-0.39, 0.29) is 34.5 Å². The Balaban J connectivity index is 1.46. The second kappa shape index (κ2) is 9.58. The summed E-state index contributed by atoms with van der Waals surface area (Å²) >= 11 is 6.25. The van der Waals surface area contributed by atoms with E-state index in [4.69, 9.17) is 11.6 Å². The van der Waals surface area contributed by atoms with E-state index in [1.165, 1.54) is 0 Å². The molecular formula is C27H27ClN4O3. The third-order valence-corrected chi connectivity index (χ3v) is 7.31. The van der Waals surface area contributed by atoms with Crippen LogP contribution < -0.4 is 15.1 Å². The van der Waals surface area contributed by atoms with E-state index < -0.39 is 0 Å². The van der Waals surface area contributed by atoms with Crippen LogP contribution in [0.1, 0.15) is 24.1 Å². The summed E-state index contributed by atoms with van der Waals surface area (Å²) in [5.74, 6) is -0.390. The second-order valence-electron chi connectivity index (χ2n) is 9.21. The van der Waals surface area contributed by atoms with Crippen LogP contribution in [-0.4, -0.2) is 36.5 Å². The van der Waals surface area contributed by atoms with E-state index in [1.54, 1.807) is 12.1 Å². The van der Waals surface area contributed by atoms with Gasteiger partial charge in [0.15, 0.2) is 0 Å². The molecule has 7 nitrogen and oxygen atoms in total. The number of piperazine rings is 1. The molecule has 1 saturated heterocycles. The lowest BCUT2D eigenvalue weighted by Crippen LogP contribution is -2.61. The molecule has 0 spiro atoms. The first-order chi connectivity index (χ1) is 16.9. The number of halogens is 1. The number of benzene rings is 3. The number of nitrogens with zero attached hydrogens (tertiary/aromatic N) is 3. The molecule has 1 N–H and O–H groups in total. The minimum absolute atomic E-state index is 0.0403. The maximum Gasteiger partial charge on any atom is 0.269 e. The number of fused-ring (bicyclic) bond motifs is 3. The molecule has 0 aromatic heterocycles. The van der Waals surface area contributed by atoms with E-state index >= 15 is 0 Å². The van der Waals surface area contributed by atoms with Crippen molar-refractivity contribution in [2.45, 2.75) is 25.4 Å². The summed E-state index contributed by atoms with van der Waals surface area (Å²) in [6, 6.07) is 22.4. The molecule has 2 aliphatic heterocycles. The van der Waals surface area contributed by atoms with Gasteiger partial charge in [-0.15, -0.1) is 0 Å². The monoisotopic (exact) mass is 490 g/mol. The van der Waals surface area contributed by atoms with Crippen LogP contribution in [-0.2, 0) is 11.2 Å². The van der Waals surface area contributed by atoms with E-state index in [9.17, 15) is 14.9 Å². The Kier molecular flexibility index (Phi) is 6.34. The largest absolute Gasteiger partial charge is 0.368 e. The van der Waals surface area contributed by atoms with Gasteiger partial charge in [0.05, 0.1) is 22.9 Å². The summed E-state index contributed by atoms with van der Waals surface area (Å²) in [6.45, 7) is 4.11. The zero-order valence-corrected chi connectivity index (χ0v) is 20.2. The van der Waals surface area contributed by atoms with Crippen LogP contribution in [0.2, 0.25) is 5.02 Å². The number of non-ortho nitro benzene ring substituents is 1. The highest BCUT2D eigenvalue weighted by Gasteiger charge is 2.42. The number of anilines is 2. The van der Waals surface area contributed by atoms with E-state index in [0.29, 0.717) is 24.5 Å². The average molecular weight is 491 g/mol. The molecule has 3 aromatic carbocycles. The molecule has 3 atom stereocenters. The molecule has 3 aromatic rings. The Morgan fingerprint density at radius 2 is 1.89 bits per heavy atom. The molecule has 1 amide bonds. The van der Waals surface area contributed by atoms with E-state index in [0.717, 1.165) is 29.0 Å². The summed E-state index contributed by atoms with van der Waals surface area (Å²) in [4.78, 5) is 29.2. The number of amides is 1. The smallest absolute Gasteiger partial charge is 0.269 e. The fourth-order valence-corrected chi connectivity index (χ4v) is 5.46. The number of hydrogen-bond donors (Lipinski definition) is 1. The Morgan fingerprint density at radius 3 is 2.63 bits per heavy atom. The molecule has 0 radical (unpaired) electrons. The first-order valence-electron chi connectivity index (χ1n) is 11.8. The summed E-state index contributed by atoms with van der Waals surface area (Å²) in [7, 11) is 0. The zero-order valence-electron chi connectivity index (χ0n) is 19.4. The van der Waals surface area contributed by atoms with Crippen LogP contribution in [0.25, 0.3) is 0 Å². The molecule has 1 fully saturated rings. The van der Waals surface area contributed by atoms with Gasteiger partial charge < -0.3 is 15.1 Å². The summed E-state index contributed by atoms with van der Waals surface area (Å²) < 4.78 is 0. The summed E-state index contributed by atoms with van der Waals surface area (Å²) in [5, 5.41) is 15.3. The highest BCUT2D eigenvalue weighted by molar-refractivity contribution is 6.30. The van der Waals surface area contributed by atoms with Crippen LogP contribution in [0.3, 0.4) is 0 Å². The number of rotatable bonds is 5. The van der Waals surface area contributed by atoms with Crippen LogP contribution >= 0.6 is 11.6 Å². The molecular weight excluding hydrogens is 464 g/mol. The molecule has 35 heavy (non-hydrogen) atoms. The normalized spacial score (nSPS) is 19.9. The van der Waals surface area contributed by atoms with Gasteiger partial charge in [-0.25, -0.2) is 0 Å². The van der Waals surface area contributed by atoms with Crippen LogP contribution in [0.5, 0.6) is 0 Å². The fraction of sp³-hybridized carbons (Fsp3) is 0.296. The summed E-state index contributed by atoms with van der Waals surface area (Å²) in [5.41, 5.74) is 3.94. The van der Waals surface area contributed by atoms with Gasteiger partial charge in [0.2, 0.25) is 5.91 Å². The maximum absolute atomic E-state index is 13.7. The Morgan fingerprint density at radius 1 is 1.09 bits per heavy atom. The van der Waals surface area contributed by atoms with Crippen molar-refractivity contribution < 1.29 is 9.72 Å². The van der Waals surface area contributed by atoms with Gasteiger partial charge in [0, 0.05) is 48.2 Å². The summed E-state index contributed by atoms with van der Waals surface area (Å²) in [6.07, 6.45) is 0.453. The highest BCUT2D eigenvalue weighted by atomic mass is 35.5. The minimum Gasteiger partial charge on any atom is -0.368 e. The maximum atomic E-state index is 13.7. The van der Waals surface area contributed by atoms with Crippen molar-refractivity contribution in [1.82, 2.24) is 5.32 Å². The number of nitro groups is 1. The van der Waals surface area contributed by atoms with Crippen LogP contribution in [0.4, 0.5) is 17.1 Å². The molecule has 3 unspecified atom stereocenters. The number of carbonyl (C=O) groups is 1. The Labute approximate surface area is 209 Å². The van der Waals surface area contributed by atoms with Gasteiger partial charge in [-0.05, 0) is 48.7 Å². The molecule has 2 heterocycles. The van der Waals surface area contributed by atoms with Gasteiger partial charge in [-0.3, -0.25) is 14.9 Å². The molecule has 0 saturated carbocycles. The number of hydrogen-bond acceptors (Lipinski definition) is 5. The average Bonchev–Trinajstić information content (AvgIpc) is 2.87. The van der Waals surface area contributed by atoms with E-state index in [2.05, 4.69) is 15.1 Å². The quantitative estimate of drug-likeness (QED) is 0.402.